The van der Waals surface area contributed by atoms with Crippen molar-refractivity contribution in [1.82, 2.24) is 34.2 Å². The third-order valence-electron chi connectivity index (χ3n) is 8.89. The summed E-state index contributed by atoms with van der Waals surface area (Å²) < 4.78 is 36.6. The van der Waals surface area contributed by atoms with Crippen molar-refractivity contribution >= 4 is 41.7 Å². The molecule has 2 aliphatic heterocycles. The minimum absolute atomic E-state index is 0.322. The molecule has 5 heterocycles. The van der Waals surface area contributed by atoms with Crippen molar-refractivity contribution in [2.45, 2.75) is 64.0 Å². The van der Waals surface area contributed by atoms with E-state index < -0.39 is 14.2 Å². The third-order valence-corrected chi connectivity index (χ3v) is 11.0. The summed E-state index contributed by atoms with van der Waals surface area (Å²) in [6, 6.07) is 10.5. The van der Waals surface area contributed by atoms with Gasteiger partial charge in [0.05, 0.1) is 59.9 Å². The normalized spacial score (nSPS) is 19.6. The number of hydrogen-bond acceptors (Lipinski definition) is 8. The van der Waals surface area contributed by atoms with Crippen LogP contribution in [-0.2, 0) is 16.2 Å². The Morgan fingerprint density at radius 2 is 1.91 bits per heavy atom. The molecule has 0 aliphatic carbocycles. The lowest BCUT2D eigenvalue weighted by atomic mass is 10.0. The van der Waals surface area contributed by atoms with Crippen LogP contribution >= 0.6 is 11.6 Å². The molecule has 46 heavy (non-hydrogen) atoms. The van der Waals surface area contributed by atoms with Crippen LogP contribution in [0.2, 0.25) is 30.7 Å². The minimum atomic E-state index is -1.18. The molecule has 2 saturated heterocycles. The fourth-order valence-electron chi connectivity index (χ4n) is 5.99. The van der Waals surface area contributed by atoms with Gasteiger partial charge in [-0.05, 0) is 43.7 Å². The molecule has 242 valence electrons. The third kappa shape index (κ3) is 6.41. The summed E-state index contributed by atoms with van der Waals surface area (Å²) in [5, 5.41) is 4.86. The van der Waals surface area contributed by atoms with E-state index in [1.807, 2.05) is 37.4 Å². The van der Waals surface area contributed by atoms with Crippen LogP contribution < -0.4 is 4.74 Å². The average molecular weight is 664 g/mol. The summed E-state index contributed by atoms with van der Waals surface area (Å²) in [7, 11) is -1.18. The number of imidazole rings is 1. The first-order chi connectivity index (χ1) is 22.1. The fourth-order valence-corrected chi connectivity index (χ4v) is 6.98. The highest BCUT2D eigenvalue weighted by molar-refractivity contribution is 6.76. The molecule has 0 bridgehead atoms. The topological polar surface area (TPSA) is 92.4 Å². The van der Waals surface area contributed by atoms with Crippen LogP contribution in [0.4, 0.5) is 4.39 Å². The number of piperidine rings is 1. The highest BCUT2D eigenvalue weighted by atomic mass is 35.5. The van der Waals surface area contributed by atoms with Crippen molar-refractivity contribution in [2.75, 3.05) is 32.9 Å². The number of fused-ring (bicyclic) bond motifs is 2. The van der Waals surface area contributed by atoms with E-state index in [1.165, 1.54) is 0 Å². The lowest BCUT2D eigenvalue weighted by Gasteiger charge is -2.42. The molecule has 13 heteroatoms. The second-order valence-electron chi connectivity index (χ2n) is 13.5. The van der Waals surface area contributed by atoms with Crippen molar-refractivity contribution in [3.63, 3.8) is 0 Å². The number of aromatic nitrogens is 6. The molecule has 0 amide bonds. The molecule has 3 aromatic heterocycles. The lowest BCUT2D eigenvalue weighted by molar-refractivity contribution is -0.0847. The lowest BCUT2D eigenvalue weighted by Crippen LogP contribution is -2.55. The van der Waals surface area contributed by atoms with E-state index in [-0.39, 0.29) is 6.04 Å². The molecule has 2 aromatic carbocycles. The first kappa shape index (κ1) is 31.2. The zero-order valence-electron chi connectivity index (χ0n) is 26.6. The van der Waals surface area contributed by atoms with Crippen LogP contribution in [0.3, 0.4) is 0 Å². The summed E-state index contributed by atoms with van der Waals surface area (Å²) >= 11 is 6.88. The number of alkyl halides is 1. The van der Waals surface area contributed by atoms with Crippen molar-refractivity contribution in [2.24, 2.45) is 0 Å². The van der Waals surface area contributed by atoms with Gasteiger partial charge in [0.25, 0.3) is 0 Å². The molecular formula is C33H39ClFN7O3Si. The summed E-state index contributed by atoms with van der Waals surface area (Å²) in [6.07, 6.45) is 4.92. The maximum absolute atomic E-state index is 15.2. The zero-order chi connectivity index (χ0) is 32.0. The predicted molar refractivity (Wildman–Crippen MR) is 179 cm³/mol. The van der Waals surface area contributed by atoms with Gasteiger partial charge in [0.1, 0.15) is 40.8 Å². The zero-order valence-corrected chi connectivity index (χ0v) is 28.4. The quantitative estimate of drug-likeness (QED) is 0.118. The summed E-state index contributed by atoms with van der Waals surface area (Å²) in [6.45, 7) is 12.8. The minimum Gasteiger partial charge on any atom is -0.456 e. The van der Waals surface area contributed by atoms with E-state index in [1.54, 1.807) is 23.1 Å². The Bertz CT molecular complexity index is 1870. The maximum Gasteiger partial charge on any atom is 0.148 e. The molecule has 0 radical (unpaired) electrons. The Morgan fingerprint density at radius 3 is 2.67 bits per heavy atom. The first-order valence-electron chi connectivity index (χ1n) is 15.8. The van der Waals surface area contributed by atoms with E-state index in [4.69, 9.17) is 35.8 Å². The highest BCUT2D eigenvalue weighted by Crippen LogP contribution is 2.36. The van der Waals surface area contributed by atoms with E-state index >= 15 is 4.39 Å². The van der Waals surface area contributed by atoms with Gasteiger partial charge in [0, 0.05) is 45.6 Å². The van der Waals surface area contributed by atoms with Gasteiger partial charge >= 0.3 is 0 Å². The fraction of sp³-hybridized carbons (Fsp3) is 0.455. The molecule has 7 rings (SSSR count). The smallest absolute Gasteiger partial charge is 0.148 e. The molecule has 2 fully saturated rings. The second kappa shape index (κ2) is 12.6. The Hall–Kier alpha value is -3.42. The van der Waals surface area contributed by atoms with Crippen LogP contribution in [0.1, 0.15) is 18.3 Å². The number of rotatable bonds is 10. The maximum atomic E-state index is 15.2. The van der Waals surface area contributed by atoms with Gasteiger partial charge in [-0.25, -0.2) is 14.4 Å². The molecule has 2 atom stereocenters. The molecular weight excluding hydrogens is 625 g/mol. The van der Waals surface area contributed by atoms with E-state index in [9.17, 15) is 0 Å². The van der Waals surface area contributed by atoms with Crippen molar-refractivity contribution in [1.29, 1.82) is 0 Å². The van der Waals surface area contributed by atoms with Gasteiger partial charge in [0.2, 0.25) is 0 Å². The van der Waals surface area contributed by atoms with E-state index in [2.05, 4.69) is 39.2 Å². The molecule has 0 N–H and O–H groups in total. The first-order valence-corrected chi connectivity index (χ1v) is 19.9. The Labute approximate surface area is 273 Å². The predicted octanol–water partition coefficient (Wildman–Crippen LogP) is 6.89. The van der Waals surface area contributed by atoms with Gasteiger partial charge in [-0.15, -0.1) is 0 Å². The number of halogens is 2. The number of aryl methyl sites for hydroxylation is 1. The molecule has 2 aliphatic rings. The highest BCUT2D eigenvalue weighted by Gasteiger charge is 2.36. The molecule has 5 aromatic rings. The number of likely N-dealkylation sites (tertiary alicyclic amines) is 1. The summed E-state index contributed by atoms with van der Waals surface area (Å²) in [5.74, 6) is 1.97. The van der Waals surface area contributed by atoms with Gasteiger partial charge < -0.3 is 18.8 Å². The molecule has 0 spiro atoms. The van der Waals surface area contributed by atoms with Crippen LogP contribution in [0.5, 0.6) is 11.5 Å². The average Bonchev–Trinajstić information content (AvgIpc) is 3.60. The van der Waals surface area contributed by atoms with Gasteiger partial charge in [0.15, 0.2) is 0 Å². The number of ether oxygens (including phenoxy) is 3. The van der Waals surface area contributed by atoms with Crippen molar-refractivity contribution < 1.29 is 18.6 Å². The van der Waals surface area contributed by atoms with Crippen molar-refractivity contribution in [3.05, 3.63) is 59.8 Å². The largest absolute Gasteiger partial charge is 0.456 e. The van der Waals surface area contributed by atoms with Crippen LogP contribution in [0.15, 0.2) is 48.9 Å². The SMILES string of the molecule is Cc1nc2ccc(Oc3ccc4ncc(-c5cnn([C@H]6CCN(C7COC7)C[C@@H]6F)c5)nc4c3Cl)cc2n1COCC[Si](C)(C)C. The van der Waals surface area contributed by atoms with E-state index in [0.29, 0.717) is 72.2 Å². The van der Waals surface area contributed by atoms with Crippen LogP contribution in [0, 0.1) is 6.92 Å². The Kier molecular flexibility index (Phi) is 8.57. The molecule has 10 nitrogen and oxygen atoms in total. The van der Waals surface area contributed by atoms with Crippen LogP contribution in [0.25, 0.3) is 33.3 Å². The monoisotopic (exact) mass is 663 g/mol. The van der Waals surface area contributed by atoms with Crippen LogP contribution in [-0.4, -0.2) is 87.4 Å². The standard InChI is InChI=1S/C33H39ClFN7O3Si/c1-21-38-26-6-5-24(13-30(26)41(21)20-43-11-12-46(2,3)4)45-31-8-7-27-33(32(31)34)39-28(15-36-27)22-14-37-42(16-22)29-9-10-40(17-25(29)35)23-18-44-19-23/h5-8,13-16,23,25,29H,9-12,17-20H2,1-4H3/t25-,29-/m0/s1. The Balaban J connectivity index is 1.09. The van der Waals surface area contributed by atoms with E-state index in [0.717, 1.165) is 41.6 Å². The number of nitrogens with zero attached hydrogens (tertiary/aromatic N) is 7. The second-order valence-corrected chi connectivity index (χ2v) is 19.5. The number of hydrogen-bond donors (Lipinski definition) is 0. The van der Waals surface area contributed by atoms with Gasteiger partial charge in [-0.1, -0.05) is 31.2 Å². The molecule has 0 unspecified atom stereocenters. The van der Waals surface area contributed by atoms with Crippen molar-refractivity contribution in [3.8, 4) is 22.8 Å². The summed E-state index contributed by atoms with van der Waals surface area (Å²) in [5.41, 5.74) is 4.31. The van der Waals surface area contributed by atoms with Gasteiger partial charge in [-0.2, -0.15) is 5.10 Å². The Morgan fingerprint density at radius 1 is 1.09 bits per heavy atom. The summed E-state index contributed by atoms with van der Waals surface area (Å²) in [4.78, 5) is 16.3. The number of benzene rings is 2. The molecule has 0 saturated carbocycles. The van der Waals surface area contributed by atoms with Gasteiger partial charge in [-0.3, -0.25) is 14.6 Å².